The molecule has 1 heterocycles. The van der Waals surface area contributed by atoms with Gasteiger partial charge < -0.3 is 10.0 Å². The van der Waals surface area contributed by atoms with Crippen LogP contribution >= 0.6 is 0 Å². The Morgan fingerprint density at radius 1 is 1.36 bits per heavy atom. The van der Waals surface area contributed by atoms with Crippen molar-refractivity contribution in [2.24, 2.45) is 11.8 Å². The SMILES string of the molecule is CC1CCCC(C(=O)N2CC(O)C2)C1. The second kappa shape index (κ2) is 3.89. The number of carbonyl (C=O) groups excluding carboxylic acids is 1. The zero-order chi connectivity index (χ0) is 10.1. The van der Waals surface area contributed by atoms with Gasteiger partial charge in [-0.25, -0.2) is 0 Å². The van der Waals surface area contributed by atoms with Gasteiger partial charge in [-0.1, -0.05) is 19.8 Å². The Kier molecular flexibility index (Phi) is 2.77. The average Bonchev–Trinajstić information content (AvgIpc) is 2.12. The van der Waals surface area contributed by atoms with E-state index in [1.807, 2.05) is 0 Å². The number of carbonyl (C=O) groups is 1. The maximum atomic E-state index is 11.9. The van der Waals surface area contributed by atoms with E-state index in [2.05, 4.69) is 6.92 Å². The molecule has 0 spiro atoms. The lowest BCUT2D eigenvalue weighted by Crippen LogP contribution is -2.55. The maximum Gasteiger partial charge on any atom is 0.225 e. The van der Waals surface area contributed by atoms with Crippen LogP contribution in [-0.4, -0.2) is 35.1 Å². The summed E-state index contributed by atoms with van der Waals surface area (Å²) < 4.78 is 0. The minimum Gasteiger partial charge on any atom is -0.389 e. The van der Waals surface area contributed by atoms with Crippen molar-refractivity contribution in [1.29, 1.82) is 0 Å². The molecule has 2 unspecified atom stereocenters. The van der Waals surface area contributed by atoms with Crippen LogP contribution in [0.2, 0.25) is 0 Å². The van der Waals surface area contributed by atoms with Crippen molar-refractivity contribution in [3.63, 3.8) is 0 Å². The van der Waals surface area contributed by atoms with Crippen LogP contribution in [0.5, 0.6) is 0 Å². The number of aliphatic hydroxyl groups excluding tert-OH is 1. The molecule has 0 aromatic rings. The second-order valence-corrected chi connectivity index (χ2v) is 4.87. The van der Waals surface area contributed by atoms with E-state index in [0.717, 1.165) is 12.8 Å². The summed E-state index contributed by atoms with van der Waals surface area (Å²) in [5.41, 5.74) is 0. The Morgan fingerprint density at radius 3 is 2.64 bits per heavy atom. The second-order valence-electron chi connectivity index (χ2n) is 4.87. The molecular weight excluding hydrogens is 178 g/mol. The van der Waals surface area contributed by atoms with Gasteiger partial charge in [-0.2, -0.15) is 0 Å². The number of hydrogen-bond donors (Lipinski definition) is 1. The molecule has 0 bridgehead atoms. The minimum absolute atomic E-state index is 0.242. The Hall–Kier alpha value is -0.570. The fourth-order valence-corrected chi connectivity index (χ4v) is 2.55. The summed E-state index contributed by atoms with van der Waals surface area (Å²) in [5.74, 6) is 1.22. The van der Waals surface area contributed by atoms with Crippen molar-refractivity contribution in [2.45, 2.75) is 38.7 Å². The standard InChI is InChI=1S/C11H19NO2/c1-8-3-2-4-9(5-8)11(14)12-6-10(13)7-12/h8-10,13H,2-7H2,1H3. The maximum absolute atomic E-state index is 11.9. The van der Waals surface area contributed by atoms with Gasteiger partial charge in [0.25, 0.3) is 0 Å². The van der Waals surface area contributed by atoms with Crippen LogP contribution in [0.3, 0.4) is 0 Å². The highest BCUT2D eigenvalue weighted by atomic mass is 16.3. The third-order valence-corrected chi connectivity index (χ3v) is 3.46. The van der Waals surface area contributed by atoms with Gasteiger partial charge in [0.15, 0.2) is 0 Å². The van der Waals surface area contributed by atoms with Crippen LogP contribution in [0, 0.1) is 11.8 Å². The predicted octanol–water partition coefficient (Wildman–Crippen LogP) is 1.02. The molecule has 3 nitrogen and oxygen atoms in total. The summed E-state index contributed by atoms with van der Waals surface area (Å²) in [6, 6.07) is 0. The van der Waals surface area contributed by atoms with E-state index < -0.39 is 0 Å². The van der Waals surface area contributed by atoms with Gasteiger partial charge >= 0.3 is 0 Å². The van der Waals surface area contributed by atoms with E-state index in [0.29, 0.717) is 19.0 Å². The lowest BCUT2D eigenvalue weighted by atomic mass is 9.81. The Labute approximate surface area is 85.1 Å². The number of amides is 1. The van der Waals surface area contributed by atoms with Crippen molar-refractivity contribution in [1.82, 2.24) is 4.90 Å². The van der Waals surface area contributed by atoms with E-state index in [-0.39, 0.29) is 17.9 Å². The first kappa shape index (κ1) is 9.97. The van der Waals surface area contributed by atoms with Crippen LogP contribution in [0.25, 0.3) is 0 Å². The zero-order valence-corrected chi connectivity index (χ0v) is 8.78. The Balaban J connectivity index is 1.85. The molecule has 1 saturated carbocycles. The summed E-state index contributed by atoms with van der Waals surface area (Å²) in [5, 5.41) is 9.12. The number of rotatable bonds is 1. The zero-order valence-electron chi connectivity index (χ0n) is 8.78. The first-order chi connectivity index (χ1) is 6.66. The monoisotopic (exact) mass is 197 g/mol. The largest absolute Gasteiger partial charge is 0.389 e. The highest BCUT2D eigenvalue weighted by molar-refractivity contribution is 5.79. The van der Waals surface area contributed by atoms with Crippen LogP contribution < -0.4 is 0 Å². The molecule has 1 N–H and O–H groups in total. The van der Waals surface area contributed by atoms with E-state index in [1.54, 1.807) is 4.90 Å². The molecule has 0 radical (unpaired) electrons. The lowest BCUT2D eigenvalue weighted by molar-refractivity contribution is -0.147. The van der Waals surface area contributed by atoms with Crippen molar-refractivity contribution in [3.8, 4) is 0 Å². The minimum atomic E-state index is -0.264. The molecular formula is C11H19NO2. The molecule has 14 heavy (non-hydrogen) atoms. The third-order valence-electron chi connectivity index (χ3n) is 3.46. The van der Waals surface area contributed by atoms with Crippen LogP contribution in [-0.2, 0) is 4.79 Å². The Bertz CT molecular complexity index is 223. The number of hydrogen-bond acceptors (Lipinski definition) is 2. The smallest absolute Gasteiger partial charge is 0.225 e. The number of β-amino-alcohol motifs (C(OH)–C–C–N with tert-alkyl or cyclic N) is 1. The van der Waals surface area contributed by atoms with E-state index in [4.69, 9.17) is 5.11 Å². The molecule has 2 fully saturated rings. The third kappa shape index (κ3) is 1.92. The van der Waals surface area contributed by atoms with Gasteiger partial charge in [-0.05, 0) is 18.8 Å². The fourth-order valence-electron chi connectivity index (χ4n) is 2.55. The molecule has 1 amide bonds. The van der Waals surface area contributed by atoms with Gasteiger partial charge in [0.2, 0.25) is 5.91 Å². The van der Waals surface area contributed by atoms with Crippen molar-refractivity contribution < 1.29 is 9.90 Å². The summed E-state index contributed by atoms with van der Waals surface area (Å²) in [7, 11) is 0. The Morgan fingerprint density at radius 2 is 2.07 bits per heavy atom. The molecule has 2 rings (SSSR count). The van der Waals surface area contributed by atoms with Crippen LogP contribution in [0.1, 0.15) is 32.6 Å². The van der Waals surface area contributed by atoms with Crippen LogP contribution in [0.4, 0.5) is 0 Å². The van der Waals surface area contributed by atoms with E-state index in [1.165, 1.54) is 12.8 Å². The number of aliphatic hydroxyl groups is 1. The molecule has 2 atom stereocenters. The highest BCUT2D eigenvalue weighted by Gasteiger charge is 2.34. The molecule has 1 aliphatic heterocycles. The first-order valence-electron chi connectivity index (χ1n) is 5.63. The lowest BCUT2D eigenvalue weighted by Gasteiger charge is -2.39. The van der Waals surface area contributed by atoms with Gasteiger partial charge in [-0.3, -0.25) is 4.79 Å². The van der Waals surface area contributed by atoms with Gasteiger partial charge in [0.05, 0.1) is 6.10 Å². The average molecular weight is 197 g/mol. The normalized spacial score (nSPS) is 34.0. The highest BCUT2D eigenvalue weighted by Crippen LogP contribution is 2.30. The topological polar surface area (TPSA) is 40.5 Å². The number of nitrogens with zero attached hydrogens (tertiary/aromatic N) is 1. The fraction of sp³-hybridized carbons (Fsp3) is 0.909. The summed E-state index contributed by atoms with van der Waals surface area (Å²) in [6.45, 7) is 3.35. The van der Waals surface area contributed by atoms with Crippen molar-refractivity contribution in [2.75, 3.05) is 13.1 Å². The van der Waals surface area contributed by atoms with Crippen molar-refractivity contribution in [3.05, 3.63) is 0 Å². The summed E-state index contributed by atoms with van der Waals surface area (Å²) >= 11 is 0. The first-order valence-corrected chi connectivity index (χ1v) is 5.63. The van der Waals surface area contributed by atoms with Gasteiger partial charge in [0.1, 0.15) is 0 Å². The van der Waals surface area contributed by atoms with Gasteiger partial charge in [0, 0.05) is 19.0 Å². The van der Waals surface area contributed by atoms with Gasteiger partial charge in [-0.15, -0.1) is 0 Å². The number of likely N-dealkylation sites (tertiary alicyclic amines) is 1. The predicted molar refractivity (Wildman–Crippen MR) is 53.7 cm³/mol. The van der Waals surface area contributed by atoms with Crippen LogP contribution in [0.15, 0.2) is 0 Å². The molecule has 1 aliphatic carbocycles. The van der Waals surface area contributed by atoms with Crippen molar-refractivity contribution >= 4 is 5.91 Å². The molecule has 0 aromatic carbocycles. The molecule has 3 heteroatoms. The van der Waals surface area contributed by atoms with E-state index in [9.17, 15) is 4.79 Å². The molecule has 1 saturated heterocycles. The summed E-state index contributed by atoms with van der Waals surface area (Å²) in [6.07, 6.45) is 4.29. The van der Waals surface area contributed by atoms with E-state index >= 15 is 0 Å². The quantitative estimate of drug-likeness (QED) is 0.681. The molecule has 2 aliphatic rings. The molecule has 80 valence electrons. The summed E-state index contributed by atoms with van der Waals surface area (Å²) in [4.78, 5) is 13.7. The molecule has 0 aromatic heterocycles.